The molecule has 0 unspecified atom stereocenters. The summed E-state index contributed by atoms with van der Waals surface area (Å²) >= 11 is 0. The molecule has 1 saturated carbocycles. The van der Waals surface area contributed by atoms with Crippen molar-refractivity contribution >= 4 is 11.7 Å². The average Bonchev–Trinajstić information content (AvgIpc) is 2.79. The summed E-state index contributed by atoms with van der Waals surface area (Å²) in [5.41, 5.74) is 1.77. The summed E-state index contributed by atoms with van der Waals surface area (Å²) in [6.45, 7) is 0. The van der Waals surface area contributed by atoms with Crippen LogP contribution in [0, 0.1) is 5.82 Å². The molecule has 5 heteroatoms. The van der Waals surface area contributed by atoms with Crippen LogP contribution in [0.2, 0.25) is 0 Å². The molecule has 0 spiro atoms. The van der Waals surface area contributed by atoms with Gasteiger partial charge in [0.2, 0.25) is 5.91 Å². The van der Waals surface area contributed by atoms with Crippen molar-refractivity contribution in [2.45, 2.75) is 37.5 Å². The van der Waals surface area contributed by atoms with Gasteiger partial charge >= 0.3 is 0 Å². The Morgan fingerprint density at radius 1 is 0.931 bits per heavy atom. The number of amides is 1. The van der Waals surface area contributed by atoms with E-state index < -0.39 is 5.41 Å². The van der Waals surface area contributed by atoms with Crippen LogP contribution in [0.4, 0.5) is 10.2 Å². The maximum atomic E-state index is 13.9. The largest absolute Gasteiger partial charge is 0.298 e. The monoisotopic (exact) mass is 389 g/mol. The molecule has 1 fully saturated rings. The van der Waals surface area contributed by atoms with E-state index in [1.54, 1.807) is 18.0 Å². The summed E-state index contributed by atoms with van der Waals surface area (Å²) in [5.74, 6) is 0.135. The molecule has 1 aromatic heterocycles. The van der Waals surface area contributed by atoms with Gasteiger partial charge in [-0.05, 0) is 42.7 Å². The molecule has 2 aromatic carbocycles. The van der Waals surface area contributed by atoms with Crippen LogP contribution in [0.3, 0.4) is 0 Å². The topological polar surface area (TPSA) is 46.1 Å². The zero-order valence-electron chi connectivity index (χ0n) is 16.5. The number of carbonyl (C=O) groups excluding carboxylic acids is 1. The maximum absolute atomic E-state index is 13.9. The first-order chi connectivity index (χ1) is 14.1. The second-order valence-corrected chi connectivity index (χ2v) is 7.66. The molecule has 0 N–H and O–H groups in total. The molecule has 1 amide bonds. The molecule has 1 aliphatic carbocycles. The van der Waals surface area contributed by atoms with Gasteiger partial charge in [0.05, 0.1) is 11.1 Å². The summed E-state index contributed by atoms with van der Waals surface area (Å²) in [6.07, 6.45) is 4.44. The Morgan fingerprint density at radius 2 is 1.69 bits per heavy atom. The minimum atomic E-state index is -0.713. The molecular formula is C24H24FN3O. The van der Waals surface area contributed by atoms with E-state index in [1.165, 1.54) is 12.1 Å². The summed E-state index contributed by atoms with van der Waals surface area (Å²) in [7, 11) is 1.73. The minimum Gasteiger partial charge on any atom is -0.298 e. The Balaban J connectivity index is 1.64. The van der Waals surface area contributed by atoms with Gasteiger partial charge in [-0.25, -0.2) is 4.39 Å². The summed E-state index contributed by atoms with van der Waals surface area (Å²) in [5, 5.41) is 8.60. The normalized spacial score (nSPS) is 15.7. The van der Waals surface area contributed by atoms with Gasteiger partial charge in [0.1, 0.15) is 5.82 Å². The van der Waals surface area contributed by atoms with Crippen molar-refractivity contribution in [3.8, 4) is 11.3 Å². The zero-order chi connectivity index (χ0) is 20.3. The fourth-order valence-electron chi connectivity index (χ4n) is 4.26. The fourth-order valence-corrected chi connectivity index (χ4v) is 4.26. The Kier molecular flexibility index (Phi) is 5.38. The first-order valence-electron chi connectivity index (χ1n) is 10.0. The Hall–Kier alpha value is -3.08. The van der Waals surface area contributed by atoms with Crippen molar-refractivity contribution in [3.63, 3.8) is 0 Å². The Morgan fingerprint density at radius 3 is 2.34 bits per heavy atom. The minimum absolute atomic E-state index is 0.0513. The number of rotatable bonds is 4. The standard InChI is InChI=1S/C24H24FN3O/c1-28(22-14-13-21(26-27-22)18-9-4-2-5-10-18)23(29)24(15-6-3-7-16-24)19-11-8-12-20(25)17-19/h2,4-5,8-14,17H,3,6-7,15-16H2,1H3. The van der Waals surface area contributed by atoms with Crippen molar-refractivity contribution in [1.29, 1.82) is 0 Å². The van der Waals surface area contributed by atoms with Gasteiger partial charge in [-0.15, -0.1) is 10.2 Å². The van der Waals surface area contributed by atoms with E-state index in [0.29, 0.717) is 5.82 Å². The molecule has 0 saturated heterocycles. The number of anilines is 1. The van der Waals surface area contributed by atoms with Crippen LogP contribution in [0.15, 0.2) is 66.7 Å². The van der Waals surface area contributed by atoms with E-state index in [4.69, 9.17) is 0 Å². The third kappa shape index (κ3) is 3.77. The van der Waals surface area contributed by atoms with E-state index in [1.807, 2.05) is 48.5 Å². The first kappa shape index (κ1) is 19.2. The molecule has 4 rings (SSSR count). The predicted molar refractivity (Wildman–Crippen MR) is 112 cm³/mol. The first-order valence-corrected chi connectivity index (χ1v) is 10.0. The summed E-state index contributed by atoms with van der Waals surface area (Å²) in [6, 6.07) is 20.0. The number of aromatic nitrogens is 2. The SMILES string of the molecule is CN(C(=O)C1(c2cccc(F)c2)CCCCC1)c1ccc(-c2ccccc2)nn1. The molecule has 0 aliphatic heterocycles. The zero-order valence-corrected chi connectivity index (χ0v) is 16.5. The van der Waals surface area contributed by atoms with Gasteiger partial charge in [0, 0.05) is 12.6 Å². The van der Waals surface area contributed by atoms with Crippen LogP contribution in [0.5, 0.6) is 0 Å². The highest BCUT2D eigenvalue weighted by Gasteiger charge is 2.43. The van der Waals surface area contributed by atoms with Crippen molar-refractivity contribution in [3.05, 3.63) is 78.1 Å². The molecule has 0 radical (unpaired) electrons. The number of hydrogen-bond donors (Lipinski definition) is 0. The van der Waals surface area contributed by atoms with E-state index in [0.717, 1.165) is 48.9 Å². The van der Waals surface area contributed by atoms with Gasteiger partial charge in [-0.3, -0.25) is 9.69 Å². The van der Waals surface area contributed by atoms with Gasteiger partial charge in [0.25, 0.3) is 0 Å². The lowest BCUT2D eigenvalue weighted by Gasteiger charge is -2.38. The molecular weight excluding hydrogens is 365 g/mol. The smallest absolute Gasteiger partial charge is 0.238 e. The van der Waals surface area contributed by atoms with E-state index in [2.05, 4.69) is 10.2 Å². The van der Waals surface area contributed by atoms with Crippen molar-refractivity contribution < 1.29 is 9.18 Å². The second kappa shape index (κ2) is 8.11. The number of benzene rings is 2. The van der Waals surface area contributed by atoms with Gasteiger partial charge in [-0.2, -0.15) is 0 Å². The quantitative estimate of drug-likeness (QED) is 0.620. The van der Waals surface area contributed by atoms with Crippen LogP contribution >= 0.6 is 0 Å². The van der Waals surface area contributed by atoms with E-state index in [-0.39, 0.29) is 11.7 Å². The number of hydrogen-bond acceptors (Lipinski definition) is 3. The maximum Gasteiger partial charge on any atom is 0.238 e. The van der Waals surface area contributed by atoms with Crippen LogP contribution in [0.25, 0.3) is 11.3 Å². The molecule has 0 atom stereocenters. The third-order valence-corrected chi connectivity index (χ3v) is 5.86. The molecule has 0 bridgehead atoms. The summed E-state index contributed by atoms with van der Waals surface area (Å²) in [4.78, 5) is 15.2. The number of carbonyl (C=O) groups is 1. The number of nitrogens with zero attached hydrogens (tertiary/aromatic N) is 3. The van der Waals surface area contributed by atoms with Crippen LogP contribution in [-0.2, 0) is 10.2 Å². The second-order valence-electron chi connectivity index (χ2n) is 7.66. The molecule has 29 heavy (non-hydrogen) atoms. The summed E-state index contributed by atoms with van der Waals surface area (Å²) < 4.78 is 13.9. The molecule has 3 aromatic rings. The number of halogens is 1. The van der Waals surface area contributed by atoms with Crippen molar-refractivity contribution in [2.24, 2.45) is 0 Å². The highest BCUT2D eigenvalue weighted by atomic mass is 19.1. The van der Waals surface area contributed by atoms with Crippen molar-refractivity contribution in [1.82, 2.24) is 10.2 Å². The fraction of sp³-hybridized carbons (Fsp3) is 0.292. The number of likely N-dealkylation sites (N-methyl/N-ethyl adjacent to an activating group) is 1. The highest BCUT2D eigenvalue weighted by Crippen LogP contribution is 2.41. The van der Waals surface area contributed by atoms with E-state index >= 15 is 0 Å². The molecule has 148 valence electrons. The predicted octanol–water partition coefficient (Wildman–Crippen LogP) is 5.15. The average molecular weight is 389 g/mol. The molecule has 1 aliphatic rings. The van der Waals surface area contributed by atoms with Gasteiger partial charge < -0.3 is 0 Å². The lowest BCUT2D eigenvalue weighted by molar-refractivity contribution is -0.125. The Labute approximate surface area is 170 Å². The van der Waals surface area contributed by atoms with Gasteiger partial charge in [0.15, 0.2) is 5.82 Å². The Bertz CT molecular complexity index is 983. The molecule has 4 nitrogen and oxygen atoms in total. The van der Waals surface area contributed by atoms with Crippen LogP contribution in [-0.4, -0.2) is 23.2 Å². The van der Waals surface area contributed by atoms with Crippen LogP contribution in [0.1, 0.15) is 37.7 Å². The third-order valence-electron chi connectivity index (χ3n) is 5.86. The lowest BCUT2D eigenvalue weighted by Crippen LogP contribution is -2.47. The molecule has 1 heterocycles. The van der Waals surface area contributed by atoms with E-state index in [9.17, 15) is 9.18 Å². The van der Waals surface area contributed by atoms with Crippen molar-refractivity contribution in [2.75, 3.05) is 11.9 Å². The van der Waals surface area contributed by atoms with Crippen LogP contribution < -0.4 is 4.90 Å². The lowest BCUT2D eigenvalue weighted by atomic mass is 9.68. The highest BCUT2D eigenvalue weighted by molar-refractivity contribution is 6.00. The van der Waals surface area contributed by atoms with Gasteiger partial charge in [-0.1, -0.05) is 61.7 Å².